The zero-order valence-electron chi connectivity index (χ0n) is 11.6. The molecule has 0 unspecified atom stereocenters. The first-order valence-corrected chi connectivity index (χ1v) is 8.01. The molecule has 0 radical (unpaired) electrons. The van der Waals surface area contributed by atoms with Crippen LogP contribution in [0.15, 0.2) is 30.3 Å². The van der Waals surface area contributed by atoms with Crippen LogP contribution in [-0.2, 0) is 15.8 Å². The summed E-state index contributed by atoms with van der Waals surface area (Å²) in [4.78, 5) is 0. The Morgan fingerprint density at radius 3 is 1.94 bits per heavy atom. The van der Waals surface area contributed by atoms with Crippen molar-refractivity contribution in [1.29, 1.82) is 0 Å². The van der Waals surface area contributed by atoms with Gasteiger partial charge in [0.05, 0.1) is 5.75 Å². The van der Waals surface area contributed by atoms with E-state index in [9.17, 15) is 8.42 Å². The monoisotopic (exact) mass is 269 g/mol. The Morgan fingerprint density at radius 1 is 1.00 bits per heavy atom. The van der Waals surface area contributed by atoms with E-state index in [4.69, 9.17) is 0 Å². The molecule has 1 N–H and O–H groups in total. The summed E-state index contributed by atoms with van der Waals surface area (Å²) in [5.41, 5.74) is 0.816. The standard InChI is InChI=1S/C14H23NO2S/c1-11(2)14(12(3)4)15-18(16,17)10-13-8-6-5-7-9-13/h5-9,11-12,14-15H,10H2,1-4H3. The third-order valence-electron chi connectivity index (χ3n) is 2.95. The highest BCUT2D eigenvalue weighted by Gasteiger charge is 2.23. The van der Waals surface area contributed by atoms with Crippen LogP contribution in [0, 0.1) is 11.8 Å². The highest BCUT2D eigenvalue weighted by Crippen LogP contribution is 2.14. The fraction of sp³-hybridized carbons (Fsp3) is 0.571. The van der Waals surface area contributed by atoms with Gasteiger partial charge in [0.2, 0.25) is 10.0 Å². The summed E-state index contributed by atoms with van der Waals surface area (Å²) in [6.07, 6.45) is 0. The number of benzene rings is 1. The second-order valence-electron chi connectivity index (χ2n) is 5.38. The smallest absolute Gasteiger partial charge is 0.212 e. The summed E-state index contributed by atoms with van der Waals surface area (Å²) in [6, 6.07) is 9.24. The Balaban J connectivity index is 2.76. The van der Waals surface area contributed by atoms with Gasteiger partial charge in [-0.25, -0.2) is 13.1 Å². The van der Waals surface area contributed by atoms with Crippen LogP contribution in [0.3, 0.4) is 0 Å². The summed E-state index contributed by atoms with van der Waals surface area (Å²) < 4.78 is 27.0. The van der Waals surface area contributed by atoms with Crippen LogP contribution in [0.4, 0.5) is 0 Å². The van der Waals surface area contributed by atoms with Crippen LogP contribution in [0.25, 0.3) is 0 Å². The first-order valence-electron chi connectivity index (χ1n) is 6.36. The van der Waals surface area contributed by atoms with E-state index in [1.165, 1.54) is 0 Å². The van der Waals surface area contributed by atoms with E-state index in [0.29, 0.717) is 0 Å². The molecule has 0 spiro atoms. The van der Waals surface area contributed by atoms with Crippen LogP contribution in [0.2, 0.25) is 0 Å². The molecular weight excluding hydrogens is 246 g/mol. The Bertz CT molecular complexity index is 444. The average Bonchev–Trinajstić information content (AvgIpc) is 2.26. The first-order chi connectivity index (χ1) is 8.32. The van der Waals surface area contributed by atoms with Gasteiger partial charge in [0.15, 0.2) is 0 Å². The minimum atomic E-state index is -3.27. The fourth-order valence-electron chi connectivity index (χ4n) is 2.08. The molecule has 0 fully saturated rings. The molecule has 0 aliphatic carbocycles. The molecule has 0 saturated heterocycles. The topological polar surface area (TPSA) is 46.2 Å². The van der Waals surface area contributed by atoms with Crippen molar-refractivity contribution in [1.82, 2.24) is 4.72 Å². The van der Waals surface area contributed by atoms with Gasteiger partial charge in [-0.3, -0.25) is 0 Å². The van der Waals surface area contributed by atoms with Gasteiger partial charge in [-0.05, 0) is 17.4 Å². The highest BCUT2D eigenvalue weighted by atomic mass is 32.2. The third kappa shape index (κ3) is 4.78. The van der Waals surface area contributed by atoms with Crippen LogP contribution in [-0.4, -0.2) is 14.5 Å². The minimum absolute atomic E-state index is 0.0151. The van der Waals surface area contributed by atoms with E-state index in [0.717, 1.165) is 5.56 Å². The third-order valence-corrected chi connectivity index (χ3v) is 4.30. The van der Waals surface area contributed by atoms with Gasteiger partial charge in [-0.15, -0.1) is 0 Å². The zero-order chi connectivity index (χ0) is 13.8. The van der Waals surface area contributed by atoms with Crippen molar-refractivity contribution < 1.29 is 8.42 Å². The summed E-state index contributed by atoms with van der Waals surface area (Å²) in [5, 5.41) is 0. The van der Waals surface area contributed by atoms with E-state index in [1.54, 1.807) is 0 Å². The van der Waals surface area contributed by atoms with Crippen LogP contribution >= 0.6 is 0 Å². The summed E-state index contributed by atoms with van der Waals surface area (Å²) >= 11 is 0. The van der Waals surface area contributed by atoms with Crippen LogP contribution < -0.4 is 4.72 Å². The second kappa shape index (κ2) is 6.34. The molecule has 1 aromatic carbocycles. The quantitative estimate of drug-likeness (QED) is 0.863. The van der Waals surface area contributed by atoms with Crippen molar-refractivity contribution in [2.24, 2.45) is 11.8 Å². The molecule has 1 aromatic rings. The lowest BCUT2D eigenvalue weighted by molar-refractivity contribution is 0.355. The molecule has 0 atom stereocenters. The Morgan fingerprint density at radius 2 is 1.50 bits per heavy atom. The van der Waals surface area contributed by atoms with Crippen molar-refractivity contribution in [2.45, 2.75) is 39.5 Å². The van der Waals surface area contributed by atoms with Crippen molar-refractivity contribution in [2.75, 3.05) is 0 Å². The molecule has 0 heterocycles. The Kier molecular flexibility index (Phi) is 5.35. The maximum absolute atomic E-state index is 12.1. The molecule has 102 valence electrons. The van der Waals surface area contributed by atoms with Gasteiger partial charge < -0.3 is 0 Å². The molecule has 0 amide bonds. The Labute approximate surface area is 111 Å². The zero-order valence-corrected chi connectivity index (χ0v) is 12.4. The maximum atomic E-state index is 12.1. The second-order valence-corrected chi connectivity index (χ2v) is 7.13. The first kappa shape index (κ1) is 15.2. The van der Waals surface area contributed by atoms with E-state index >= 15 is 0 Å². The molecule has 4 heteroatoms. The van der Waals surface area contributed by atoms with Gasteiger partial charge in [-0.1, -0.05) is 58.0 Å². The van der Waals surface area contributed by atoms with Gasteiger partial charge >= 0.3 is 0 Å². The molecular formula is C14H23NO2S. The number of sulfonamides is 1. The van der Waals surface area contributed by atoms with E-state index in [-0.39, 0.29) is 23.6 Å². The van der Waals surface area contributed by atoms with Crippen molar-refractivity contribution in [3.63, 3.8) is 0 Å². The van der Waals surface area contributed by atoms with E-state index in [1.807, 2.05) is 58.0 Å². The van der Waals surface area contributed by atoms with Gasteiger partial charge in [0.1, 0.15) is 0 Å². The van der Waals surface area contributed by atoms with Crippen LogP contribution in [0.1, 0.15) is 33.3 Å². The van der Waals surface area contributed by atoms with Crippen LogP contribution in [0.5, 0.6) is 0 Å². The van der Waals surface area contributed by atoms with Gasteiger partial charge in [0.25, 0.3) is 0 Å². The SMILES string of the molecule is CC(C)C(NS(=O)(=O)Cc1ccccc1)C(C)C. The van der Waals surface area contributed by atoms with Crippen molar-refractivity contribution in [3.05, 3.63) is 35.9 Å². The maximum Gasteiger partial charge on any atom is 0.216 e. The number of rotatable bonds is 6. The van der Waals surface area contributed by atoms with E-state index < -0.39 is 10.0 Å². The molecule has 0 saturated carbocycles. The number of nitrogens with one attached hydrogen (secondary N) is 1. The van der Waals surface area contributed by atoms with Crippen molar-refractivity contribution in [3.8, 4) is 0 Å². The molecule has 18 heavy (non-hydrogen) atoms. The molecule has 0 aliphatic rings. The van der Waals surface area contributed by atoms with Gasteiger partial charge in [0, 0.05) is 6.04 Å². The summed E-state index contributed by atoms with van der Waals surface area (Å²) in [7, 11) is -3.27. The molecule has 1 rings (SSSR count). The molecule has 3 nitrogen and oxygen atoms in total. The lowest BCUT2D eigenvalue weighted by Gasteiger charge is -2.25. The van der Waals surface area contributed by atoms with Gasteiger partial charge in [-0.2, -0.15) is 0 Å². The molecule has 0 aromatic heterocycles. The predicted molar refractivity (Wildman–Crippen MR) is 75.7 cm³/mol. The minimum Gasteiger partial charge on any atom is -0.212 e. The number of hydrogen-bond donors (Lipinski definition) is 1. The largest absolute Gasteiger partial charge is 0.216 e. The molecule has 0 aliphatic heterocycles. The van der Waals surface area contributed by atoms with Crippen molar-refractivity contribution >= 4 is 10.0 Å². The number of hydrogen-bond acceptors (Lipinski definition) is 2. The molecule has 0 bridgehead atoms. The Hall–Kier alpha value is -0.870. The average molecular weight is 269 g/mol. The van der Waals surface area contributed by atoms with E-state index in [2.05, 4.69) is 4.72 Å². The summed E-state index contributed by atoms with van der Waals surface area (Å²) in [6.45, 7) is 8.15. The normalized spacial score (nSPS) is 12.6. The predicted octanol–water partition coefficient (Wildman–Crippen LogP) is 2.79. The lowest BCUT2D eigenvalue weighted by atomic mass is 9.94. The highest BCUT2D eigenvalue weighted by molar-refractivity contribution is 7.88. The fourth-order valence-corrected chi connectivity index (χ4v) is 3.76. The lowest BCUT2D eigenvalue weighted by Crippen LogP contribution is -2.42. The summed E-state index contributed by atoms with van der Waals surface area (Å²) in [5.74, 6) is 0.621.